The Hall–Kier alpha value is -2.37. The summed E-state index contributed by atoms with van der Waals surface area (Å²) in [6, 6.07) is 4.52. The molecule has 1 saturated heterocycles. The maximum Gasteiger partial charge on any atom is 0.246 e. The van der Waals surface area contributed by atoms with Crippen molar-refractivity contribution in [2.45, 2.75) is 25.8 Å². The summed E-state index contributed by atoms with van der Waals surface area (Å²) in [5, 5.41) is 0. The number of amides is 2. The van der Waals surface area contributed by atoms with Gasteiger partial charge in [-0.25, -0.2) is 4.39 Å². The fourth-order valence-electron chi connectivity index (χ4n) is 2.70. The third kappa shape index (κ3) is 4.09. The number of nitrogens with zero attached hydrogens (tertiary/aromatic N) is 1. The van der Waals surface area contributed by atoms with Crippen LogP contribution in [-0.2, 0) is 9.59 Å². The van der Waals surface area contributed by atoms with Crippen LogP contribution in [0.5, 0.6) is 5.75 Å². The van der Waals surface area contributed by atoms with Gasteiger partial charge in [0.2, 0.25) is 11.8 Å². The van der Waals surface area contributed by atoms with Gasteiger partial charge in [-0.1, -0.05) is 6.07 Å². The average Bonchev–Trinajstić information content (AvgIpc) is 2.53. The van der Waals surface area contributed by atoms with Crippen molar-refractivity contribution in [1.29, 1.82) is 0 Å². The van der Waals surface area contributed by atoms with E-state index in [4.69, 9.17) is 10.5 Å². The first-order valence-electron chi connectivity index (χ1n) is 7.54. The number of methoxy groups -OCH3 is 1. The number of primary amides is 1. The molecule has 2 rings (SSSR count). The molecule has 0 spiro atoms. The number of likely N-dealkylation sites (tertiary alicyclic amines) is 1. The number of benzene rings is 1. The number of carbonyl (C=O) groups excluding carboxylic acids is 2. The lowest BCUT2D eigenvalue weighted by molar-refractivity contribution is -0.133. The molecule has 0 bridgehead atoms. The Kier molecular flexibility index (Phi) is 5.36. The number of piperidine rings is 1. The largest absolute Gasteiger partial charge is 0.494 e. The lowest BCUT2D eigenvalue weighted by Crippen LogP contribution is -2.48. The molecule has 0 unspecified atom stereocenters. The molecule has 1 fully saturated rings. The fraction of sp³-hybridized carbons (Fsp3) is 0.412. The highest BCUT2D eigenvalue weighted by atomic mass is 19.1. The van der Waals surface area contributed by atoms with Crippen molar-refractivity contribution < 1.29 is 18.7 Å². The molecule has 1 heterocycles. The van der Waals surface area contributed by atoms with Crippen molar-refractivity contribution in [3.8, 4) is 5.75 Å². The van der Waals surface area contributed by atoms with Crippen LogP contribution >= 0.6 is 0 Å². The summed E-state index contributed by atoms with van der Waals surface area (Å²) < 4.78 is 18.5. The van der Waals surface area contributed by atoms with Crippen LogP contribution in [0, 0.1) is 11.7 Å². The normalized spacial score (nSPS) is 21.4. The predicted octanol–water partition coefficient (Wildman–Crippen LogP) is 1.96. The molecular formula is C17H21FN2O3. The molecule has 2 atom stereocenters. The number of halogens is 1. The van der Waals surface area contributed by atoms with Gasteiger partial charge < -0.3 is 15.4 Å². The van der Waals surface area contributed by atoms with Crippen molar-refractivity contribution in [2.75, 3.05) is 13.7 Å². The van der Waals surface area contributed by atoms with E-state index in [0.717, 1.165) is 6.42 Å². The number of ether oxygens (including phenoxy) is 1. The first kappa shape index (κ1) is 17.0. The van der Waals surface area contributed by atoms with Gasteiger partial charge in [0.25, 0.3) is 0 Å². The van der Waals surface area contributed by atoms with Gasteiger partial charge in [-0.15, -0.1) is 0 Å². The Bertz CT molecular complexity index is 630. The molecule has 0 radical (unpaired) electrons. The van der Waals surface area contributed by atoms with Crippen LogP contribution in [0.3, 0.4) is 0 Å². The minimum Gasteiger partial charge on any atom is -0.494 e. The summed E-state index contributed by atoms with van der Waals surface area (Å²) in [6.45, 7) is 2.27. The van der Waals surface area contributed by atoms with Gasteiger partial charge in [0, 0.05) is 18.7 Å². The molecule has 23 heavy (non-hydrogen) atoms. The van der Waals surface area contributed by atoms with Crippen LogP contribution < -0.4 is 10.5 Å². The Balaban J connectivity index is 2.07. The molecule has 1 aliphatic rings. The molecule has 6 heteroatoms. The predicted molar refractivity (Wildman–Crippen MR) is 85.1 cm³/mol. The summed E-state index contributed by atoms with van der Waals surface area (Å²) in [5.41, 5.74) is 5.90. The smallest absolute Gasteiger partial charge is 0.246 e. The minimum absolute atomic E-state index is 0.0513. The van der Waals surface area contributed by atoms with E-state index in [1.807, 2.05) is 6.92 Å². The van der Waals surface area contributed by atoms with E-state index >= 15 is 0 Å². The third-order valence-corrected chi connectivity index (χ3v) is 4.16. The second-order valence-corrected chi connectivity index (χ2v) is 5.74. The lowest BCUT2D eigenvalue weighted by atomic mass is 9.93. The summed E-state index contributed by atoms with van der Waals surface area (Å²) in [7, 11) is 1.39. The zero-order chi connectivity index (χ0) is 17.0. The maximum absolute atomic E-state index is 13.6. The Labute approximate surface area is 134 Å². The van der Waals surface area contributed by atoms with Crippen LogP contribution in [-0.4, -0.2) is 36.4 Å². The average molecular weight is 320 g/mol. The second-order valence-electron chi connectivity index (χ2n) is 5.74. The number of rotatable bonds is 4. The van der Waals surface area contributed by atoms with Crippen molar-refractivity contribution >= 4 is 17.9 Å². The van der Waals surface area contributed by atoms with Gasteiger partial charge in [-0.3, -0.25) is 9.59 Å². The highest BCUT2D eigenvalue weighted by Crippen LogP contribution is 2.22. The van der Waals surface area contributed by atoms with E-state index in [9.17, 15) is 14.0 Å². The van der Waals surface area contributed by atoms with E-state index in [1.165, 1.54) is 25.3 Å². The Morgan fingerprint density at radius 3 is 2.74 bits per heavy atom. The number of hydrogen-bond donors (Lipinski definition) is 1. The quantitative estimate of drug-likeness (QED) is 0.862. The van der Waals surface area contributed by atoms with Crippen LogP contribution in [0.2, 0.25) is 0 Å². The summed E-state index contributed by atoms with van der Waals surface area (Å²) in [4.78, 5) is 25.3. The summed E-state index contributed by atoms with van der Waals surface area (Å²) in [6.07, 6.45) is 4.38. The number of nitrogens with two attached hydrogens (primary N) is 1. The molecule has 124 valence electrons. The lowest BCUT2D eigenvalue weighted by Gasteiger charge is -2.36. The third-order valence-electron chi connectivity index (χ3n) is 4.16. The van der Waals surface area contributed by atoms with Gasteiger partial charge in [-0.05, 0) is 43.5 Å². The van der Waals surface area contributed by atoms with Gasteiger partial charge in [0.05, 0.1) is 13.0 Å². The Morgan fingerprint density at radius 1 is 1.39 bits per heavy atom. The van der Waals surface area contributed by atoms with Crippen molar-refractivity contribution in [3.63, 3.8) is 0 Å². The van der Waals surface area contributed by atoms with E-state index in [-0.39, 0.29) is 29.5 Å². The SMILES string of the molecule is COc1ccc(/C=C\C(=O)N2C[C@H](C(N)=O)CC[C@H]2C)cc1F. The molecule has 2 N–H and O–H groups in total. The molecule has 1 aromatic rings. The van der Waals surface area contributed by atoms with E-state index in [0.29, 0.717) is 18.5 Å². The fourth-order valence-corrected chi connectivity index (χ4v) is 2.70. The molecule has 0 saturated carbocycles. The first-order valence-corrected chi connectivity index (χ1v) is 7.54. The van der Waals surface area contributed by atoms with E-state index < -0.39 is 5.82 Å². The monoisotopic (exact) mass is 320 g/mol. The zero-order valence-corrected chi connectivity index (χ0v) is 13.3. The number of hydrogen-bond acceptors (Lipinski definition) is 3. The standard InChI is InChI=1S/C17H21FN2O3/c1-11-3-6-13(17(19)22)10-20(11)16(21)8-5-12-4-7-15(23-2)14(18)9-12/h4-5,7-9,11,13H,3,6,10H2,1-2H3,(H2,19,22)/b8-5-/t11-,13-/m1/s1. The van der Waals surface area contributed by atoms with Crippen molar-refractivity contribution in [2.24, 2.45) is 11.7 Å². The molecule has 0 aromatic heterocycles. The molecule has 2 amide bonds. The highest BCUT2D eigenvalue weighted by molar-refractivity contribution is 5.92. The second kappa shape index (κ2) is 7.26. The van der Waals surface area contributed by atoms with Crippen LogP contribution in [0.25, 0.3) is 6.08 Å². The highest BCUT2D eigenvalue weighted by Gasteiger charge is 2.30. The first-order chi connectivity index (χ1) is 10.9. The topological polar surface area (TPSA) is 72.6 Å². The van der Waals surface area contributed by atoms with Crippen LogP contribution in [0.1, 0.15) is 25.3 Å². The van der Waals surface area contributed by atoms with Crippen molar-refractivity contribution in [1.82, 2.24) is 4.90 Å². The molecular weight excluding hydrogens is 299 g/mol. The van der Waals surface area contributed by atoms with Crippen LogP contribution in [0.4, 0.5) is 4.39 Å². The van der Waals surface area contributed by atoms with Gasteiger partial charge in [0.15, 0.2) is 11.6 Å². The summed E-state index contributed by atoms with van der Waals surface area (Å²) in [5.74, 6) is -1.22. The van der Waals surface area contributed by atoms with Gasteiger partial charge in [0.1, 0.15) is 0 Å². The minimum atomic E-state index is -0.484. The van der Waals surface area contributed by atoms with E-state index in [1.54, 1.807) is 17.0 Å². The van der Waals surface area contributed by atoms with Crippen molar-refractivity contribution in [3.05, 3.63) is 35.7 Å². The molecule has 5 nitrogen and oxygen atoms in total. The molecule has 0 aliphatic carbocycles. The van der Waals surface area contributed by atoms with Gasteiger partial charge >= 0.3 is 0 Å². The van der Waals surface area contributed by atoms with E-state index in [2.05, 4.69) is 0 Å². The van der Waals surface area contributed by atoms with Crippen LogP contribution in [0.15, 0.2) is 24.3 Å². The van der Waals surface area contributed by atoms with Gasteiger partial charge in [-0.2, -0.15) is 0 Å². The number of carbonyl (C=O) groups is 2. The molecule has 1 aromatic carbocycles. The molecule has 1 aliphatic heterocycles. The Morgan fingerprint density at radius 2 is 2.13 bits per heavy atom. The zero-order valence-electron chi connectivity index (χ0n) is 13.3. The summed E-state index contributed by atoms with van der Waals surface area (Å²) >= 11 is 0. The maximum atomic E-state index is 13.6.